The van der Waals surface area contributed by atoms with Crippen molar-refractivity contribution in [3.05, 3.63) is 35.4 Å². The van der Waals surface area contributed by atoms with Gasteiger partial charge in [0.15, 0.2) is 0 Å². The second-order valence-electron chi connectivity index (χ2n) is 6.29. The number of benzene rings is 1. The first-order valence-electron chi connectivity index (χ1n) is 6.97. The zero-order valence-electron chi connectivity index (χ0n) is 11.0. The molecule has 1 heterocycles. The molecule has 92 valence electrons. The Balaban J connectivity index is 1.87. The predicted molar refractivity (Wildman–Crippen MR) is 72.2 cm³/mol. The van der Waals surface area contributed by atoms with E-state index in [9.17, 15) is 0 Å². The molecule has 1 aliphatic carbocycles. The van der Waals surface area contributed by atoms with Crippen LogP contribution in [-0.4, -0.2) is 13.1 Å². The molecule has 1 nitrogen and oxygen atoms in total. The number of aryl methyl sites for hydroxylation is 1. The lowest BCUT2D eigenvalue weighted by atomic mass is 9.52. The number of nitrogens with one attached hydrogen (secondary N) is 1. The molecule has 17 heavy (non-hydrogen) atoms. The average Bonchev–Trinajstić information content (AvgIpc) is 2.29. The van der Waals surface area contributed by atoms with Gasteiger partial charge in [-0.25, -0.2) is 0 Å². The quantitative estimate of drug-likeness (QED) is 0.777. The summed E-state index contributed by atoms with van der Waals surface area (Å²) in [5, 5.41) is 3.59. The second kappa shape index (κ2) is 4.13. The maximum Gasteiger partial charge on any atom is 0.00255 e. The molecule has 1 unspecified atom stereocenters. The van der Waals surface area contributed by atoms with Crippen LogP contribution in [0.25, 0.3) is 0 Å². The molecular weight excluding hydrogens is 206 g/mol. The maximum absolute atomic E-state index is 3.59. The molecule has 1 heteroatoms. The lowest BCUT2D eigenvalue weighted by Crippen LogP contribution is -2.50. The van der Waals surface area contributed by atoms with E-state index in [0.717, 1.165) is 11.8 Å². The Hall–Kier alpha value is -0.820. The van der Waals surface area contributed by atoms with Crippen molar-refractivity contribution in [2.45, 2.75) is 39.0 Å². The lowest BCUT2D eigenvalue weighted by molar-refractivity contribution is 0.00838. The van der Waals surface area contributed by atoms with Crippen LogP contribution in [-0.2, 0) is 0 Å². The Labute approximate surface area is 105 Å². The molecule has 2 aliphatic rings. The molecule has 1 aromatic carbocycles. The third kappa shape index (κ3) is 1.91. The summed E-state index contributed by atoms with van der Waals surface area (Å²) in [5.41, 5.74) is 3.54. The van der Waals surface area contributed by atoms with Crippen LogP contribution in [0.1, 0.15) is 43.2 Å². The highest BCUT2D eigenvalue weighted by molar-refractivity contribution is 5.28. The van der Waals surface area contributed by atoms with Gasteiger partial charge in [0, 0.05) is 12.5 Å². The van der Waals surface area contributed by atoms with Gasteiger partial charge in [0.1, 0.15) is 0 Å². The monoisotopic (exact) mass is 229 g/mol. The van der Waals surface area contributed by atoms with Crippen molar-refractivity contribution < 1.29 is 0 Å². The molecule has 1 atom stereocenters. The average molecular weight is 229 g/mol. The molecule has 1 saturated heterocycles. The van der Waals surface area contributed by atoms with E-state index in [0.29, 0.717) is 5.41 Å². The van der Waals surface area contributed by atoms with E-state index < -0.39 is 0 Å². The molecule has 1 saturated carbocycles. The molecule has 0 bridgehead atoms. The molecule has 0 aromatic heterocycles. The Morgan fingerprint density at radius 3 is 2.53 bits per heavy atom. The van der Waals surface area contributed by atoms with E-state index in [-0.39, 0.29) is 0 Å². The molecule has 1 aliphatic heterocycles. The van der Waals surface area contributed by atoms with Crippen LogP contribution in [0.2, 0.25) is 0 Å². The Morgan fingerprint density at radius 1 is 1.18 bits per heavy atom. The fourth-order valence-electron chi connectivity index (χ4n) is 4.06. The van der Waals surface area contributed by atoms with E-state index >= 15 is 0 Å². The van der Waals surface area contributed by atoms with Gasteiger partial charge in [-0.05, 0) is 49.6 Å². The third-order valence-corrected chi connectivity index (χ3v) is 4.88. The van der Waals surface area contributed by atoms with Crippen molar-refractivity contribution in [3.8, 4) is 0 Å². The van der Waals surface area contributed by atoms with Gasteiger partial charge in [0.05, 0.1) is 0 Å². The predicted octanol–water partition coefficient (Wildman–Crippen LogP) is 3.49. The van der Waals surface area contributed by atoms with Crippen LogP contribution in [0.4, 0.5) is 0 Å². The van der Waals surface area contributed by atoms with E-state index in [1.54, 1.807) is 5.56 Å². The van der Waals surface area contributed by atoms with Crippen LogP contribution in [0, 0.1) is 18.3 Å². The maximum atomic E-state index is 3.59. The van der Waals surface area contributed by atoms with E-state index in [2.05, 4.69) is 43.4 Å². The topological polar surface area (TPSA) is 12.0 Å². The SMILES string of the molecule is Cc1ccc(C2CNCCC23CC(C)C3)cc1. The van der Waals surface area contributed by atoms with Gasteiger partial charge in [-0.3, -0.25) is 0 Å². The van der Waals surface area contributed by atoms with Gasteiger partial charge in [0.2, 0.25) is 0 Å². The third-order valence-electron chi connectivity index (χ3n) is 4.88. The standard InChI is InChI=1S/C16H23N/c1-12-3-5-14(6-4-12)15-11-17-8-7-16(15)9-13(2)10-16/h3-6,13,15,17H,7-11H2,1-2H3. The highest BCUT2D eigenvalue weighted by atomic mass is 14.9. The zero-order chi connectivity index (χ0) is 11.9. The van der Waals surface area contributed by atoms with E-state index in [1.165, 1.54) is 37.9 Å². The van der Waals surface area contributed by atoms with Crippen molar-refractivity contribution in [2.75, 3.05) is 13.1 Å². The molecule has 0 amide bonds. The molecule has 1 N–H and O–H groups in total. The van der Waals surface area contributed by atoms with Gasteiger partial charge in [0.25, 0.3) is 0 Å². The van der Waals surface area contributed by atoms with Crippen molar-refractivity contribution in [1.29, 1.82) is 0 Å². The van der Waals surface area contributed by atoms with E-state index in [1.807, 2.05) is 0 Å². The van der Waals surface area contributed by atoms with Crippen LogP contribution in [0.5, 0.6) is 0 Å². The number of hydrogen-bond acceptors (Lipinski definition) is 1. The fourth-order valence-corrected chi connectivity index (χ4v) is 4.06. The fraction of sp³-hybridized carbons (Fsp3) is 0.625. The second-order valence-corrected chi connectivity index (χ2v) is 6.29. The van der Waals surface area contributed by atoms with Crippen molar-refractivity contribution in [2.24, 2.45) is 11.3 Å². The Kier molecular flexibility index (Phi) is 2.74. The van der Waals surface area contributed by atoms with Gasteiger partial charge in [-0.2, -0.15) is 0 Å². The van der Waals surface area contributed by atoms with Crippen molar-refractivity contribution >= 4 is 0 Å². The highest BCUT2D eigenvalue weighted by Gasteiger charge is 2.48. The van der Waals surface area contributed by atoms with Crippen LogP contribution < -0.4 is 5.32 Å². The molecule has 2 fully saturated rings. The van der Waals surface area contributed by atoms with Gasteiger partial charge < -0.3 is 5.32 Å². The summed E-state index contributed by atoms with van der Waals surface area (Å²) in [7, 11) is 0. The summed E-state index contributed by atoms with van der Waals surface area (Å²) in [6.45, 7) is 6.97. The number of piperidine rings is 1. The summed E-state index contributed by atoms with van der Waals surface area (Å²) < 4.78 is 0. The van der Waals surface area contributed by atoms with Crippen molar-refractivity contribution in [1.82, 2.24) is 5.32 Å². The van der Waals surface area contributed by atoms with Crippen LogP contribution in [0.3, 0.4) is 0 Å². The summed E-state index contributed by atoms with van der Waals surface area (Å²) in [6, 6.07) is 9.22. The summed E-state index contributed by atoms with van der Waals surface area (Å²) in [4.78, 5) is 0. The smallest absolute Gasteiger partial charge is 0.00255 e. The largest absolute Gasteiger partial charge is 0.316 e. The van der Waals surface area contributed by atoms with Crippen molar-refractivity contribution in [3.63, 3.8) is 0 Å². The number of rotatable bonds is 1. The minimum Gasteiger partial charge on any atom is -0.316 e. The molecule has 0 radical (unpaired) electrons. The Bertz CT molecular complexity index is 381. The molecule has 3 rings (SSSR count). The van der Waals surface area contributed by atoms with Crippen LogP contribution >= 0.6 is 0 Å². The van der Waals surface area contributed by atoms with Crippen LogP contribution in [0.15, 0.2) is 24.3 Å². The first kappa shape index (κ1) is 11.3. The van der Waals surface area contributed by atoms with E-state index in [4.69, 9.17) is 0 Å². The lowest BCUT2D eigenvalue weighted by Gasteiger charge is -2.54. The molecule has 1 spiro atoms. The summed E-state index contributed by atoms with van der Waals surface area (Å²) >= 11 is 0. The molecular formula is C16H23N. The molecule has 1 aromatic rings. The Morgan fingerprint density at radius 2 is 1.88 bits per heavy atom. The minimum atomic E-state index is 0.625. The van der Waals surface area contributed by atoms with Gasteiger partial charge >= 0.3 is 0 Å². The zero-order valence-corrected chi connectivity index (χ0v) is 11.0. The summed E-state index contributed by atoms with van der Waals surface area (Å²) in [5.74, 6) is 1.69. The number of hydrogen-bond donors (Lipinski definition) is 1. The minimum absolute atomic E-state index is 0.625. The van der Waals surface area contributed by atoms with Gasteiger partial charge in [-0.15, -0.1) is 0 Å². The first-order valence-corrected chi connectivity index (χ1v) is 6.97. The summed E-state index contributed by atoms with van der Waals surface area (Å²) in [6.07, 6.45) is 4.25. The first-order chi connectivity index (χ1) is 8.20. The van der Waals surface area contributed by atoms with Gasteiger partial charge in [-0.1, -0.05) is 36.8 Å². The highest BCUT2D eigenvalue weighted by Crippen LogP contribution is 2.57. The normalized spacial score (nSPS) is 36.8.